The summed E-state index contributed by atoms with van der Waals surface area (Å²) in [6.45, 7) is 2.52. The fourth-order valence-corrected chi connectivity index (χ4v) is 3.26. The Hall–Kier alpha value is -0.890. The third kappa shape index (κ3) is 5.31. The number of ether oxygens (including phenoxy) is 1. The van der Waals surface area contributed by atoms with Crippen LogP contribution < -0.4 is 5.73 Å². The molecule has 7 nitrogen and oxygen atoms in total. The second kappa shape index (κ2) is 9.42. The highest BCUT2D eigenvalue weighted by Crippen LogP contribution is 2.27. The number of rotatable bonds is 4. The Morgan fingerprint density at radius 1 is 1.35 bits per heavy atom. The SMILES string of the molecule is Cl.Cl.N[C@@H]1CCC[C@H]1CC(=O)N1CCOC(Cn2cncn2)C1. The third-order valence-corrected chi connectivity index (χ3v) is 4.50. The molecule has 0 bridgehead atoms. The van der Waals surface area contributed by atoms with Gasteiger partial charge in [-0.15, -0.1) is 24.8 Å². The Morgan fingerprint density at radius 2 is 2.17 bits per heavy atom. The largest absolute Gasteiger partial charge is 0.373 e. The number of hydrogen-bond donors (Lipinski definition) is 1. The van der Waals surface area contributed by atoms with E-state index < -0.39 is 0 Å². The number of carbonyl (C=O) groups is 1. The number of amides is 1. The van der Waals surface area contributed by atoms with Crippen molar-refractivity contribution >= 4 is 30.7 Å². The summed E-state index contributed by atoms with van der Waals surface area (Å²) in [4.78, 5) is 18.3. The average Bonchev–Trinajstić information content (AvgIpc) is 3.12. The van der Waals surface area contributed by atoms with Crippen molar-refractivity contribution in [2.45, 2.75) is 44.4 Å². The lowest BCUT2D eigenvalue weighted by molar-refractivity contribution is -0.140. The molecular weight excluding hydrogens is 341 g/mol. The monoisotopic (exact) mass is 365 g/mol. The van der Waals surface area contributed by atoms with Crippen LogP contribution in [0.3, 0.4) is 0 Å². The van der Waals surface area contributed by atoms with Gasteiger partial charge in [0.15, 0.2) is 0 Å². The van der Waals surface area contributed by atoms with Crippen LogP contribution in [0, 0.1) is 5.92 Å². The zero-order chi connectivity index (χ0) is 14.7. The topological polar surface area (TPSA) is 86.3 Å². The van der Waals surface area contributed by atoms with Crippen molar-refractivity contribution in [2.24, 2.45) is 11.7 Å². The third-order valence-electron chi connectivity index (χ3n) is 4.50. The van der Waals surface area contributed by atoms with E-state index in [1.165, 1.54) is 6.33 Å². The molecule has 1 aromatic heterocycles. The van der Waals surface area contributed by atoms with Crippen LogP contribution in [0.25, 0.3) is 0 Å². The van der Waals surface area contributed by atoms with Crippen LogP contribution in [0.4, 0.5) is 0 Å². The Morgan fingerprint density at radius 3 is 2.83 bits per heavy atom. The normalized spacial score (nSPS) is 27.2. The highest BCUT2D eigenvalue weighted by atomic mass is 35.5. The van der Waals surface area contributed by atoms with Crippen molar-refractivity contribution < 1.29 is 9.53 Å². The van der Waals surface area contributed by atoms with E-state index in [-0.39, 0.29) is 42.9 Å². The lowest BCUT2D eigenvalue weighted by Gasteiger charge is -2.33. The summed E-state index contributed by atoms with van der Waals surface area (Å²) in [5.41, 5.74) is 6.06. The molecule has 1 aliphatic carbocycles. The number of nitrogens with zero attached hydrogens (tertiary/aromatic N) is 4. The molecule has 2 aliphatic rings. The number of carbonyl (C=O) groups excluding carboxylic acids is 1. The molecule has 3 rings (SSSR count). The van der Waals surface area contributed by atoms with Gasteiger partial charge in [0.05, 0.1) is 19.3 Å². The predicted molar refractivity (Wildman–Crippen MR) is 90.8 cm³/mol. The molecule has 1 saturated carbocycles. The molecule has 9 heteroatoms. The second-order valence-corrected chi connectivity index (χ2v) is 6.01. The Labute approximate surface area is 148 Å². The first-order valence-electron chi connectivity index (χ1n) is 7.70. The fourth-order valence-electron chi connectivity index (χ4n) is 3.26. The first-order chi connectivity index (χ1) is 10.2. The van der Waals surface area contributed by atoms with Crippen molar-refractivity contribution in [3.8, 4) is 0 Å². The lowest BCUT2D eigenvalue weighted by Crippen LogP contribution is -2.47. The first-order valence-corrected chi connectivity index (χ1v) is 7.70. The van der Waals surface area contributed by atoms with Gasteiger partial charge < -0.3 is 15.4 Å². The molecule has 23 heavy (non-hydrogen) atoms. The molecule has 0 spiro atoms. The maximum atomic E-state index is 12.4. The summed E-state index contributed by atoms with van der Waals surface area (Å²) in [6.07, 6.45) is 7.03. The van der Waals surface area contributed by atoms with Gasteiger partial charge in [-0.05, 0) is 18.8 Å². The number of morpholine rings is 1. The predicted octanol–water partition coefficient (Wildman–Crippen LogP) is 0.867. The molecule has 132 valence electrons. The maximum Gasteiger partial charge on any atom is 0.223 e. The zero-order valence-electron chi connectivity index (χ0n) is 13.0. The molecule has 2 N–H and O–H groups in total. The van der Waals surface area contributed by atoms with Crippen LogP contribution in [-0.4, -0.2) is 57.4 Å². The highest BCUT2D eigenvalue weighted by molar-refractivity contribution is 5.85. The molecule has 2 heterocycles. The van der Waals surface area contributed by atoms with Crippen LogP contribution in [0.15, 0.2) is 12.7 Å². The molecule has 1 saturated heterocycles. The second-order valence-electron chi connectivity index (χ2n) is 6.01. The van der Waals surface area contributed by atoms with Crippen LogP contribution in [0.5, 0.6) is 0 Å². The number of halogens is 2. The van der Waals surface area contributed by atoms with E-state index in [1.54, 1.807) is 11.0 Å². The van der Waals surface area contributed by atoms with Crippen molar-refractivity contribution in [2.75, 3.05) is 19.7 Å². The van der Waals surface area contributed by atoms with Gasteiger partial charge in [-0.2, -0.15) is 5.10 Å². The van der Waals surface area contributed by atoms with Crippen LogP contribution >= 0.6 is 24.8 Å². The van der Waals surface area contributed by atoms with Gasteiger partial charge in [0.2, 0.25) is 5.91 Å². The minimum absolute atomic E-state index is 0. The molecule has 1 amide bonds. The van der Waals surface area contributed by atoms with Crippen LogP contribution in [0.2, 0.25) is 0 Å². The summed E-state index contributed by atoms with van der Waals surface area (Å²) >= 11 is 0. The molecule has 2 fully saturated rings. The molecule has 0 radical (unpaired) electrons. The van der Waals surface area contributed by atoms with Crippen molar-refractivity contribution in [1.82, 2.24) is 19.7 Å². The van der Waals surface area contributed by atoms with Gasteiger partial charge >= 0.3 is 0 Å². The van der Waals surface area contributed by atoms with Gasteiger partial charge in [0.25, 0.3) is 0 Å². The molecule has 3 atom stereocenters. The standard InChI is InChI=1S/C14H23N5O2.2ClH/c15-13-3-1-2-11(13)6-14(20)18-4-5-21-12(7-18)8-19-10-16-9-17-19;;/h9-13H,1-8,15H2;2*1H/t11-,12?,13+;;/m0../s1. The summed E-state index contributed by atoms with van der Waals surface area (Å²) < 4.78 is 7.46. The van der Waals surface area contributed by atoms with Gasteiger partial charge in [0, 0.05) is 25.6 Å². The van der Waals surface area contributed by atoms with Crippen LogP contribution in [-0.2, 0) is 16.1 Å². The molecule has 0 aromatic carbocycles. The van der Waals surface area contributed by atoms with Crippen molar-refractivity contribution in [1.29, 1.82) is 0 Å². The van der Waals surface area contributed by atoms with E-state index in [4.69, 9.17) is 10.5 Å². The first kappa shape index (κ1) is 20.2. The Bertz CT molecular complexity index is 474. The fraction of sp³-hybridized carbons (Fsp3) is 0.786. The lowest BCUT2D eigenvalue weighted by atomic mass is 9.99. The zero-order valence-corrected chi connectivity index (χ0v) is 14.7. The summed E-state index contributed by atoms with van der Waals surface area (Å²) in [5, 5.41) is 4.08. The Kier molecular flexibility index (Phi) is 8.25. The number of aromatic nitrogens is 3. The van der Waals surface area contributed by atoms with E-state index in [0.29, 0.717) is 38.6 Å². The smallest absolute Gasteiger partial charge is 0.223 e. The number of nitrogens with two attached hydrogens (primary N) is 1. The van der Waals surface area contributed by atoms with Gasteiger partial charge in [-0.3, -0.25) is 9.48 Å². The van der Waals surface area contributed by atoms with E-state index in [9.17, 15) is 4.79 Å². The van der Waals surface area contributed by atoms with E-state index in [2.05, 4.69) is 10.1 Å². The van der Waals surface area contributed by atoms with E-state index in [1.807, 2.05) is 4.90 Å². The molecule has 1 aliphatic heterocycles. The summed E-state index contributed by atoms with van der Waals surface area (Å²) in [5.74, 6) is 0.568. The highest BCUT2D eigenvalue weighted by Gasteiger charge is 2.30. The van der Waals surface area contributed by atoms with E-state index >= 15 is 0 Å². The van der Waals surface area contributed by atoms with Crippen LogP contribution in [0.1, 0.15) is 25.7 Å². The van der Waals surface area contributed by atoms with Gasteiger partial charge in [-0.25, -0.2) is 4.98 Å². The Balaban J connectivity index is 0.00000132. The van der Waals surface area contributed by atoms with Crippen molar-refractivity contribution in [3.05, 3.63) is 12.7 Å². The molecular formula is C14H25Cl2N5O2. The molecule has 1 aromatic rings. The number of hydrogen-bond acceptors (Lipinski definition) is 5. The average molecular weight is 366 g/mol. The van der Waals surface area contributed by atoms with Crippen molar-refractivity contribution in [3.63, 3.8) is 0 Å². The minimum atomic E-state index is -0.0124. The minimum Gasteiger partial charge on any atom is -0.373 e. The maximum absolute atomic E-state index is 12.4. The van der Waals surface area contributed by atoms with E-state index in [0.717, 1.165) is 19.3 Å². The summed E-state index contributed by atoms with van der Waals surface area (Å²) in [7, 11) is 0. The molecule has 1 unspecified atom stereocenters. The van der Waals surface area contributed by atoms with Gasteiger partial charge in [0.1, 0.15) is 12.7 Å². The quantitative estimate of drug-likeness (QED) is 0.855. The summed E-state index contributed by atoms with van der Waals surface area (Å²) in [6, 6.07) is 0.195. The van der Waals surface area contributed by atoms with Gasteiger partial charge in [-0.1, -0.05) is 6.42 Å².